The minimum Gasteiger partial charge on any atom is -0.481 e. The number of halogens is 2. The van der Waals surface area contributed by atoms with Gasteiger partial charge in [-0.3, -0.25) is 14.4 Å². The van der Waals surface area contributed by atoms with E-state index >= 15 is 0 Å². The van der Waals surface area contributed by atoms with Crippen molar-refractivity contribution >= 4 is 33.6 Å². The molecule has 0 heterocycles. The first-order valence-electron chi connectivity index (χ1n) is 9.32. The molecule has 0 spiro atoms. The normalized spacial score (nSPS) is 13.5. The fourth-order valence-corrected chi connectivity index (χ4v) is 3.52. The SMILES string of the molecule is CC(C)(Cc1ccc(F)cc1)N[C@@H](CC(C(=O)O)C(=O)c1ccc(Br)cc1)C(N)=O. The van der Waals surface area contributed by atoms with Crippen LogP contribution in [0.15, 0.2) is 53.0 Å². The second-order valence-electron chi connectivity index (χ2n) is 7.78. The van der Waals surface area contributed by atoms with Crippen molar-refractivity contribution in [1.82, 2.24) is 5.32 Å². The van der Waals surface area contributed by atoms with Crippen molar-refractivity contribution < 1.29 is 23.9 Å². The van der Waals surface area contributed by atoms with E-state index in [1.165, 1.54) is 24.3 Å². The Balaban J connectivity index is 2.17. The predicted octanol–water partition coefficient (Wildman–Crippen LogP) is 3.33. The van der Waals surface area contributed by atoms with E-state index in [0.29, 0.717) is 6.42 Å². The summed E-state index contributed by atoms with van der Waals surface area (Å²) in [7, 11) is 0. The fourth-order valence-electron chi connectivity index (χ4n) is 3.25. The van der Waals surface area contributed by atoms with Gasteiger partial charge < -0.3 is 16.2 Å². The standard InChI is InChI=1S/C22H24BrFN2O4/c1-22(2,12-13-3-9-16(24)10-4-13)26-18(20(25)28)11-17(21(29)30)19(27)14-5-7-15(23)8-6-14/h3-10,17-18,26H,11-12H2,1-2H3,(H2,25,28)(H,29,30)/t17?,18-/m0/s1. The second-order valence-corrected chi connectivity index (χ2v) is 8.70. The molecule has 0 saturated carbocycles. The number of hydrogen-bond acceptors (Lipinski definition) is 4. The highest BCUT2D eigenvalue weighted by Crippen LogP contribution is 2.20. The van der Waals surface area contributed by atoms with Crippen LogP contribution in [0.2, 0.25) is 0 Å². The Hall–Kier alpha value is -2.58. The average molecular weight is 479 g/mol. The highest BCUT2D eigenvalue weighted by atomic mass is 79.9. The summed E-state index contributed by atoms with van der Waals surface area (Å²) < 4.78 is 13.9. The fraction of sp³-hybridized carbons (Fsp3) is 0.318. The first-order chi connectivity index (χ1) is 14.0. The number of carboxylic acid groups (broad SMARTS) is 1. The molecule has 0 aliphatic heterocycles. The number of rotatable bonds is 10. The Morgan fingerprint density at radius 2 is 1.67 bits per heavy atom. The van der Waals surface area contributed by atoms with Crippen LogP contribution >= 0.6 is 15.9 Å². The Labute approximate surface area is 182 Å². The van der Waals surface area contributed by atoms with Crippen LogP contribution in [0.25, 0.3) is 0 Å². The minimum absolute atomic E-state index is 0.236. The van der Waals surface area contributed by atoms with Crippen molar-refractivity contribution in [2.75, 3.05) is 0 Å². The Bertz CT molecular complexity index is 914. The maximum absolute atomic E-state index is 13.1. The zero-order valence-electron chi connectivity index (χ0n) is 16.7. The molecule has 0 aromatic heterocycles. The third kappa shape index (κ3) is 6.74. The molecule has 4 N–H and O–H groups in total. The van der Waals surface area contributed by atoms with Crippen molar-refractivity contribution in [1.29, 1.82) is 0 Å². The van der Waals surface area contributed by atoms with Gasteiger partial charge in [-0.15, -0.1) is 0 Å². The van der Waals surface area contributed by atoms with Crippen molar-refractivity contribution in [3.63, 3.8) is 0 Å². The third-order valence-corrected chi connectivity index (χ3v) is 5.21. The maximum Gasteiger partial charge on any atom is 0.314 e. The number of carboxylic acids is 1. The van der Waals surface area contributed by atoms with E-state index in [2.05, 4.69) is 21.2 Å². The van der Waals surface area contributed by atoms with Gasteiger partial charge in [0.1, 0.15) is 11.7 Å². The molecule has 0 aliphatic carbocycles. The molecule has 1 amide bonds. The predicted molar refractivity (Wildman–Crippen MR) is 115 cm³/mol. The van der Waals surface area contributed by atoms with Gasteiger partial charge in [0, 0.05) is 15.6 Å². The van der Waals surface area contributed by atoms with Crippen molar-refractivity contribution in [3.05, 3.63) is 69.9 Å². The highest BCUT2D eigenvalue weighted by molar-refractivity contribution is 9.10. The van der Waals surface area contributed by atoms with Crippen LogP contribution in [0.5, 0.6) is 0 Å². The van der Waals surface area contributed by atoms with Crippen LogP contribution in [0.4, 0.5) is 4.39 Å². The van der Waals surface area contributed by atoms with Crippen molar-refractivity contribution in [3.8, 4) is 0 Å². The number of benzene rings is 2. The number of aliphatic carboxylic acids is 1. The number of carbonyl (C=O) groups excluding carboxylic acids is 2. The smallest absolute Gasteiger partial charge is 0.314 e. The van der Waals surface area contributed by atoms with E-state index in [1.807, 2.05) is 13.8 Å². The zero-order valence-corrected chi connectivity index (χ0v) is 18.3. The van der Waals surface area contributed by atoms with Crippen LogP contribution in [-0.2, 0) is 16.0 Å². The number of nitrogens with two attached hydrogens (primary N) is 1. The monoisotopic (exact) mass is 478 g/mol. The summed E-state index contributed by atoms with van der Waals surface area (Å²) in [4.78, 5) is 36.6. The van der Waals surface area contributed by atoms with E-state index < -0.39 is 35.2 Å². The van der Waals surface area contributed by atoms with Crippen LogP contribution < -0.4 is 11.1 Å². The van der Waals surface area contributed by atoms with E-state index in [-0.39, 0.29) is 17.8 Å². The molecule has 2 aromatic rings. The van der Waals surface area contributed by atoms with Gasteiger partial charge in [0.05, 0.1) is 6.04 Å². The first kappa shape index (κ1) is 23.7. The van der Waals surface area contributed by atoms with Gasteiger partial charge in [-0.05, 0) is 56.5 Å². The van der Waals surface area contributed by atoms with Crippen LogP contribution in [0.3, 0.4) is 0 Å². The van der Waals surface area contributed by atoms with Crippen LogP contribution in [0, 0.1) is 11.7 Å². The summed E-state index contributed by atoms with van der Waals surface area (Å²) in [6.45, 7) is 3.64. The van der Waals surface area contributed by atoms with Crippen LogP contribution in [0.1, 0.15) is 36.2 Å². The summed E-state index contributed by atoms with van der Waals surface area (Å²) in [6, 6.07) is 11.2. The first-order valence-corrected chi connectivity index (χ1v) is 10.1. The lowest BCUT2D eigenvalue weighted by Gasteiger charge is -2.31. The van der Waals surface area contributed by atoms with Crippen molar-refractivity contribution in [2.24, 2.45) is 11.7 Å². The lowest BCUT2D eigenvalue weighted by molar-refractivity contribution is -0.140. The molecular formula is C22H24BrFN2O4. The van der Waals surface area contributed by atoms with Crippen molar-refractivity contribution in [2.45, 2.75) is 38.3 Å². The summed E-state index contributed by atoms with van der Waals surface area (Å²) >= 11 is 3.26. The van der Waals surface area contributed by atoms with E-state index in [1.54, 1.807) is 24.3 Å². The van der Waals surface area contributed by atoms with E-state index in [4.69, 9.17) is 5.73 Å². The molecule has 0 saturated heterocycles. The summed E-state index contributed by atoms with van der Waals surface area (Å²) in [5, 5.41) is 12.7. The Kier molecular flexibility index (Phi) is 7.86. The lowest BCUT2D eigenvalue weighted by atomic mass is 9.88. The van der Waals surface area contributed by atoms with Gasteiger partial charge in [0.25, 0.3) is 0 Å². The number of amides is 1. The Morgan fingerprint density at radius 1 is 1.10 bits per heavy atom. The van der Waals surface area contributed by atoms with E-state index in [0.717, 1.165) is 10.0 Å². The minimum atomic E-state index is -1.43. The van der Waals surface area contributed by atoms with Gasteiger partial charge in [-0.2, -0.15) is 0 Å². The molecule has 2 aromatic carbocycles. The lowest BCUT2D eigenvalue weighted by Crippen LogP contribution is -2.54. The Morgan fingerprint density at radius 3 is 2.17 bits per heavy atom. The number of primary amides is 1. The summed E-state index contributed by atoms with van der Waals surface area (Å²) in [6.07, 6.45) is 0.155. The number of nitrogens with one attached hydrogen (secondary N) is 1. The van der Waals surface area contributed by atoms with E-state index in [9.17, 15) is 23.9 Å². The molecule has 0 radical (unpaired) electrons. The number of hydrogen-bond donors (Lipinski definition) is 3. The third-order valence-electron chi connectivity index (χ3n) is 4.68. The molecule has 6 nitrogen and oxygen atoms in total. The molecule has 2 atom stereocenters. The maximum atomic E-state index is 13.1. The van der Waals surface area contributed by atoms with Gasteiger partial charge >= 0.3 is 5.97 Å². The summed E-state index contributed by atoms with van der Waals surface area (Å²) in [5.74, 6) is -4.46. The number of carbonyl (C=O) groups is 3. The van der Waals surface area contributed by atoms with Gasteiger partial charge in [-0.25, -0.2) is 4.39 Å². The molecule has 30 heavy (non-hydrogen) atoms. The molecule has 0 aliphatic rings. The number of Topliss-reactive ketones (excluding diaryl/α,β-unsaturated/α-hetero) is 1. The molecule has 1 unspecified atom stereocenters. The zero-order chi connectivity index (χ0) is 22.5. The second kappa shape index (κ2) is 9.95. The average Bonchev–Trinajstić information content (AvgIpc) is 2.66. The summed E-state index contributed by atoms with van der Waals surface area (Å²) in [5.41, 5.74) is 5.90. The topological polar surface area (TPSA) is 109 Å². The largest absolute Gasteiger partial charge is 0.481 e. The number of ketones is 1. The highest BCUT2D eigenvalue weighted by Gasteiger charge is 2.34. The molecule has 0 fully saturated rings. The molecular weight excluding hydrogens is 455 g/mol. The molecule has 0 bridgehead atoms. The van der Waals surface area contributed by atoms with Gasteiger partial charge in [-0.1, -0.05) is 40.2 Å². The van der Waals surface area contributed by atoms with Gasteiger partial charge in [0.2, 0.25) is 5.91 Å². The quantitative estimate of drug-likeness (QED) is 0.358. The molecule has 2 rings (SSSR count). The van der Waals surface area contributed by atoms with Crippen LogP contribution in [-0.4, -0.2) is 34.3 Å². The van der Waals surface area contributed by atoms with Gasteiger partial charge in [0.15, 0.2) is 5.78 Å². The molecule has 8 heteroatoms. The molecule has 160 valence electrons.